The Morgan fingerprint density at radius 1 is 1.12 bits per heavy atom. The van der Waals surface area contributed by atoms with Crippen molar-refractivity contribution in [3.63, 3.8) is 0 Å². The maximum atomic E-state index is 12.2. The molecule has 1 N–H and O–H groups in total. The molecule has 124 valence electrons. The monoisotopic (exact) mass is 323 g/mol. The predicted molar refractivity (Wildman–Crippen MR) is 92.2 cm³/mol. The van der Waals surface area contributed by atoms with Crippen LogP contribution in [0, 0.1) is 6.92 Å². The first-order valence-corrected chi connectivity index (χ1v) is 8.24. The number of ketones is 1. The van der Waals surface area contributed by atoms with E-state index in [0.29, 0.717) is 12.2 Å². The highest BCUT2D eigenvalue weighted by Crippen LogP contribution is 2.32. The molecule has 0 fully saturated rings. The second-order valence-corrected chi connectivity index (χ2v) is 6.09. The fourth-order valence-electron chi connectivity index (χ4n) is 2.93. The van der Waals surface area contributed by atoms with Gasteiger partial charge in [0.25, 0.3) is 0 Å². The molecule has 0 aromatic heterocycles. The van der Waals surface area contributed by atoms with Crippen LogP contribution < -0.4 is 10.1 Å². The third-order valence-corrected chi connectivity index (χ3v) is 4.21. The van der Waals surface area contributed by atoms with Gasteiger partial charge in [-0.2, -0.15) is 0 Å². The Morgan fingerprint density at radius 3 is 2.71 bits per heavy atom. The first-order chi connectivity index (χ1) is 11.6. The van der Waals surface area contributed by atoms with Gasteiger partial charge in [-0.3, -0.25) is 9.59 Å². The first kappa shape index (κ1) is 16.2. The van der Waals surface area contributed by atoms with E-state index < -0.39 is 0 Å². The van der Waals surface area contributed by atoms with E-state index in [2.05, 4.69) is 11.4 Å². The van der Waals surface area contributed by atoms with Crippen molar-refractivity contribution in [1.29, 1.82) is 0 Å². The molecule has 1 unspecified atom stereocenters. The van der Waals surface area contributed by atoms with Crippen molar-refractivity contribution >= 4 is 11.7 Å². The number of carbonyl (C=O) groups excluding carboxylic acids is 2. The fourth-order valence-corrected chi connectivity index (χ4v) is 2.93. The second kappa shape index (κ2) is 7.30. The zero-order valence-corrected chi connectivity index (χ0v) is 13.7. The van der Waals surface area contributed by atoms with Crippen molar-refractivity contribution in [2.75, 3.05) is 6.61 Å². The molecule has 1 aliphatic heterocycles. The number of hydrogen-bond donors (Lipinski definition) is 1. The molecule has 0 radical (unpaired) electrons. The normalized spacial score (nSPS) is 16.0. The SMILES string of the molecule is Cc1ccc2c(c1)C(NC(=O)CCC(=O)c1ccccc1)CCO2. The van der Waals surface area contributed by atoms with Crippen molar-refractivity contribution < 1.29 is 14.3 Å². The third-order valence-electron chi connectivity index (χ3n) is 4.21. The molecule has 24 heavy (non-hydrogen) atoms. The molecule has 1 atom stereocenters. The minimum atomic E-state index is -0.0985. The lowest BCUT2D eigenvalue weighted by atomic mass is 9.98. The van der Waals surface area contributed by atoms with Gasteiger partial charge in [-0.05, 0) is 13.0 Å². The molecule has 0 bridgehead atoms. The Morgan fingerprint density at radius 2 is 1.92 bits per heavy atom. The van der Waals surface area contributed by atoms with Crippen LogP contribution >= 0.6 is 0 Å². The topological polar surface area (TPSA) is 55.4 Å². The van der Waals surface area contributed by atoms with Gasteiger partial charge in [-0.1, -0.05) is 48.0 Å². The molecule has 1 aliphatic rings. The summed E-state index contributed by atoms with van der Waals surface area (Å²) in [7, 11) is 0. The van der Waals surface area contributed by atoms with Gasteiger partial charge >= 0.3 is 0 Å². The molecule has 0 saturated heterocycles. The van der Waals surface area contributed by atoms with Crippen LogP contribution in [0.25, 0.3) is 0 Å². The highest BCUT2D eigenvalue weighted by Gasteiger charge is 2.23. The standard InChI is InChI=1S/C20H21NO3/c1-14-7-9-19-16(13-14)17(11-12-24-19)21-20(23)10-8-18(22)15-5-3-2-4-6-15/h2-7,9,13,17H,8,10-12H2,1H3,(H,21,23). The summed E-state index contributed by atoms with van der Waals surface area (Å²) >= 11 is 0. The number of carbonyl (C=O) groups is 2. The summed E-state index contributed by atoms with van der Waals surface area (Å²) in [4.78, 5) is 24.3. The van der Waals surface area contributed by atoms with E-state index >= 15 is 0 Å². The second-order valence-electron chi connectivity index (χ2n) is 6.09. The number of amides is 1. The van der Waals surface area contributed by atoms with E-state index in [1.54, 1.807) is 12.1 Å². The molecule has 3 rings (SSSR count). The summed E-state index contributed by atoms with van der Waals surface area (Å²) in [5.74, 6) is 0.727. The van der Waals surface area contributed by atoms with Crippen LogP contribution in [0.1, 0.15) is 46.8 Å². The summed E-state index contributed by atoms with van der Waals surface area (Å²) in [5, 5.41) is 3.04. The van der Waals surface area contributed by atoms with Crippen molar-refractivity contribution in [3.8, 4) is 5.75 Å². The molecule has 2 aromatic carbocycles. The summed E-state index contributed by atoms with van der Waals surface area (Å²) < 4.78 is 5.64. The van der Waals surface area contributed by atoms with Gasteiger partial charge in [0.2, 0.25) is 5.91 Å². The van der Waals surface area contributed by atoms with Gasteiger partial charge in [-0.15, -0.1) is 0 Å². The molecular weight excluding hydrogens is 302 g/mol. The van der Waals surface area contributed by atoms with Crippen molar-refractivity contribution in [2.24, 2.45) is 0 Å². The summed E-state index contributed by atoms with van der Waals surface area (Å²) in [6, 6.07) is 15.0. The third kappa shape index (κ3) is 3.82. The van der Waals surface area contributed by atoms with E-state index in [1.807, 2.05) is 37.3 Å². The summed E-state index contributed by atoms with van der Waals surface area (Å²) in [5.41, 5.74) is 2.80. The zero-order chi connectivity index (χ0) is 16.9. The van der Waals surface area contributed by atoms with Crippen LogP contribution in [0.15, 0.2) is 48.5 Å². The van der Waals surface area contributed by atoms with E-state index in [4.69, 9.17) is 4.74 Å². The number of nitrogens with one attached hydrogen (secondary N) is 1. The average Bonchev–Trinajstić information content (AvgIpc) is 2.61. The smallest absolute Gasteiger partial charge is 0.220 e. The maximum absolute atomic E-state index is 12.2. The number of Topliss-reactive ketones (excluding diaryl/α,β-unsaturated/α-hetero) is 1. The highest BCUT2D eigenvalue weighted by atomic mass is 16.5. The molecule has 0 saturated carbocycles. The number of ether oxygens (including phenoxy) is 1. The molecule has 2 aromatic rings. The lowest BCUT2D eigenvalue weighted by molar-refractivity contribution is -0.122. The lowest BCUT2D eigenvalue weighted by Gasteiger charge is -2.27. The zero-order valence-electron chi connectivity index (χ0n) is 13.7. The van der Waals surface area contributed by atoms with Crippen LogP contribution in [-0.2, 0) is 4.79 Å². The van der Waals surface area contributed by atoms with E-state index in [0.717, 1.165) is 23.3 Å². The van der Waals surface area contributed by atoms with Gasteiger partial charge in [0.05, 0.1) is 12.6 Å². The van der Waals surface area contributed by atoms with Gasteiger partial charge in [-0.25, -0.2) is 0 Å². The minimum absolute atomic E-state index is 0.00558. The molecule has 1 amide bonds. The van der Waals surface area contributed by atoms with E-state index in [1.165, 1.54) is 0 Å². The van der Waals surface area contributed by atoms with Gasteiger partial charge in [0.1, 0.15) is 5.75 Å². The Hall–Kier alpha value is -2.62. The molecule has 4 heteroatoms. The Kier molecular flexibility index (Phi) is 4.94. The van der Waals surface area contributed by atoms with Crippen molar-refractivity contribution in [2.45, 2.75) is 32.2 Å². The number of hydrogen-bond acceptors (Lipinski definition) is 3. The van der Waals surface area contributed by atoms with Crippen LogP contribution in [0.3, 0.4) is 0 Å². The summed E-state index contributed by atoms with van der Waals surface area (Å²) in [6.07, 6.45) is 1.17. The van der Waals surface area contributed by atoms with Gasteiger partial charge in [0, 0.05) is 30.4 Å². The quantitative estimate of drug-likeness (QED) is 0.855. The number of rotatable bonds is 5. The van der Waals surface area contributed by atoms with Crippen LogP contribution in [-0.4, -0.2) is 18.3 Å². The molecule has 4 nitrogen and oxygen atoms in total. The first-order valence-electron chi connectivity index (χ1n) is 8.24. The molecular formula is C20H21NO3. The maximum Gasteiger partial charge on any atom is 0.220 e. The number of aryl methyl sites for hydroxylation is 1. The molecule has 0 aliphatic carbocycles. The summed E-state index contributed by atoms with van der Waals surface area (Å²) in [6.45, 7) is 2.61. The highest BCUT2D eigenvalue weighted by molar-refractivity contribution is 5.97. The van der Waals surface area contributed by atoms with E-state index in [9.17, 15) is 9.59 Å². The minimum Gasteiger partial charge on any atom is -0.493 e. The Bertz CT molecular complexity index is 740. The van der Waals surface area contributed by atoms with Crippen LogP contribution in [0.2, 0.25) is 0 Å². The molecule has 0 spiro atoms. The van der Waals surface area contributed by atoms with Gasteiger partial charge < -0.3 is 10.1 Å². The predicted octanol–water partition coefficient (Wildman–Crippen LogP) is 3.60. The Labute approximate surface area is 141 Å². The average molecular weight is 323 g/mol. The van der Waals surface area contributed by atoms with E-state index in [-0.39, 0.29) is 30.6 Å². The fraction of sp³-hybridized carbons (Fsp3) is 0.300. The molecule has 1 heterocycles. The number of benzene rings is 2. The van der Waals surface area contributed by atoms with Crippen molar-refractivity contribution in [3.05, 3.63) is 65.2 Å². The van der Waals surface area contributed by atoms with Crippen LogP contribution in [0.4, 0.5) is 0 Å². The Balaban J connectivity index is 1.58. The largest absolute Gasteiger partial charge is 0.493 e. The van der Waals surface area contributed by atoms with Gasteiger partial charge in [0.15, 0.2) is 5.78 Å². The van der Waals surface area contributed by atoms with Crippen LogP contribution in [0.5, 0.6) is 5.75 Å². The lowest BCUT2D eigenvalue weighted by Crippen LogP contribution is -2.32. The number of fused-ring (bicyclic) bond motifs is 1. The van der Waals surface area contributed by atoms with Crippen molar-refractivity contribution in [1.82, 2.24) is 5.32 Å².